The molecule has 0 aromatic heterocycles. The Morgan fingerprint density at radius 2 is 2.25 bits per heavy atom. The van der Waals surface area contributed by atoms with Crippen LogP contribution in [0.25, 0.3) is 0 Å². The van der Waals surface area contributed by atoms with Crippen molar-refractivity contribution in [3.63, 3.8) is 0 Å². The Bertz CT molecular complexity index is 415. The van der Waals surface area contributed by atoms with E-state index in [-0.39, 0.29) is 0 Å². The molecule has 1 aliphatic rings. The Hall–Kier alpha value is -0.870. The highest BCUT2D eigenvalue weighted by Crippen LogP contribution is 2.28. The van der Waals surface area contributed by atoms with Crippen LogP contribution in [0.5, 0.6) is 0 Å². The second-order valence-corrected chi connectivity index (χ2v) is 5.11. The molecule has 1 aromatic carbocycles. The molecule has 1 fully saturated rings. The summed E-state index contributed by atoms with van der Waals surface area (Å²) in [4.78, 5) is 13.1. The minimum atomic E-state index is -0.872. The predicted molar refractivity (Wildman–Crippen MR) is 65.6 cm³/mol. The molecule has 16 heavy (non-hydrogen) atoms. The molecule has 2 rings (SSSR count). The molecule has 0 saturated heterocycles. The molecule has 86 valence electrons. The average Bonchev–Trinajstić information content (AvgIpc) is 3.04. The zero-order chi connectivity index (χ0) is 11.7. The monoisotopic (exact) mass is 283 g/mol. The largest absolute Gasteiger partial charge is 0.478 e. The number of hydrogen-bond acceptors (Lipinski definition) is 2. The van der Waals surface area contributed by atoms with Crippen LogP contribution in [0.4, 0.5) is 0 Å². The van der Waals surface area contributed by atoms with Gasteiger partial charge >= 0.3 is 5.97 Å². The average molecular weight is 284 g/mol. The molecule has 4 heteroatoms. The van der Waals surface area contributed by atoms with E-state index >= 15 is 0 Å². The Morgan fingerprint density at radius 1 is 1.56 bits per heavy atom. The normalized spacial score (nSPS) is 15.4. The van der Waals surface area contributed by atoms with Gasteiger partial charge in [0.25, 0.3) is 0 Å². The highest BCUT2D eigenvalue weighted by Gasteiger charge is 2.26. The van der Waals surface area contributed by atoms with Gasteiger partial charge in [-0.15, -0.1) is 0 Å². The predicted octanol–water partition coefficient (Wildman–Crippen LogP) is 2.74. The smallest absolute Gasteiger partial charge is 0.335 e. The van der Waals surface area contributed by atoms with E-state index in [0.29, 0.717) is 11.6 Å². The van der Waals surface area contributed by atoms with E-state index in [2.05, 4.69) is 27.9 Å². The molecular formula is C12H14BrNO2. The zero-order valence-corrected chi connectivity index (χ0v) is 10.7. The van der Waals surface area contributed by atoms with Gasteiger partial charge in [0.1, 0.15) is 0 Å². The van der Waals surface area contributed by atoms with E-state index in [4.69, 9.17) is 5.11 Å². The van der Waals surface area contributed by atoms with Crippen molar-refractivity contribution in [2.45, 2.75) is 25.4 Å². The molecule has 1 aliphatic carbocycles. The van der Waals surface area contributed by atoms with Crippen LogP contribution in [0.1, 0.15) is 28.8 Å². The van der Waals surface area contributed by atoms with E-state index in [1.807, 2.05) is 0 Å². The molecule has 0 bridgehead atoms. The Kier molecular flexibility index (Phi) is 3.30. The lowest BCUT2D eigenvalue weighted by atomic mass is 10.1. The number of aromatic carboxylic acids is 1. The molecule has 1 N–H and O–H groups in total. The Morgan fingerprint density at radius 3 is 2.81 bits per heavy atom. The van der Waals surface area contributed by atoms with E-state index in [1.165, 1.54) is 12.8 Å². The summed E-state index contributed by atoms with van der Waals surface area (Å²) in [5.41, 5.74) is 1.39. The summed E-state index contributed by atoms with van der Waals surface area (Å²) in [5.74, 6) is -0.872. The van der Waals surface area contributed by atoms with E-state index in [9.17, 15) is 4.79 Å². The number of rotatable bonds is 4. The van der Waals surface area contributed by atoms with Gasteiger partial charge in [-0.1, -0.05) is 15.9 Å². The third kappa shape index (κ3) is 2.62. The van der Waals surface area contributed by atoms with Gasteiger partial charge in [0.15, 0.2) is 0 Å². The van der Waals surface area contributed by atoms with Gasteiger partial charge in [0, 0.05) is 17.1 Å². The number of carbonyl (C=O) groups is 1. The first kappa shape index (κ1) is 11.6. The summed E-state index contributed by atoms with van der Waals surface area (Å²) in [6.07, 6.45) is 2.51. The topological polar surface area (TPSA) is 40.5 Å². The van der Waals surface area contributed by atoms with Crippen LogP contribution in [0.3, 0.4) is 0 Å². The highest BCUT2D eigenvalue weighted by molar-refractivity contribution is 9.10. The molecule has 0 atom stereocenters. The first-order valence-corrected chi connectivity index (χ1v) is 6.09. The van der Waals surface area contributed by atoms with Crippen LogP contribution in [0.2, 0.25) is 0 Å². The molecule has 0 radical (unpaired) electrons. The molecule has 3 nitrogen and oxygen atoms in total. The second kappa shape index (κ2) is 4.55. The number of carboxylic acid groups (broad SMARTS) is 1. The van der Waals surface area contributed by atoms with Gasteiger partial charge in [-0.3, -0.25) is 4.90 Å². The fraction of sp³-hybridized carbons (Fsp3) is 0.417. The summed E-state index contributed by atoms with van der Waals surface area (Å²) in [6.45, 7) is 0.798. The standard InChI is InChI=1S/C12H14BrNO2/c1-14(10-3-4-10)7-9-6-8(12(15)16)2-5-11(9)13/h2,5-6,10H,3-4,7H2,1H3,(H,15,16). The van der Waals surface area contributed by atoms with Crippen LogP contribution in [0, 0.1) is 0 Å². The first-order chi connectivity index (χ1) is 7.58. The lowest BCUT2D eigenvalue weighted by Crippen LogP contribution is -2.20. The maximum atomic E-state index is 10.9. The second-order valence-electron chi connectivity index (χ2n) is 4.26. The first-order valence-electron chi connectivity index (χ1n) is 5.30. The number of carboxylic acids is 1. The highest BCUT2D eigenvalue weighted by atomic mass is 79.9. The quantitative estimate of drug-likeness (QED) is 0.924. The van der Waals surface area contributed by atoms with Crippen molar-refractivity contribution < 1.29 is 9.90 Å². The summed E-state index contributed by atoms with van der Waals surface area (Å²) in [5, 5.41) is 8.93. The maximum absolute atomic E-state index is 10.9. The minimum Gasteiger partial charge on any atom is -0.478 e. The van der Waals surface area contributed by atoms with Crippen molar-refractivity contribution in [3.05, 3.63) is 33.8 Å². The molecule has 0 amide bonds. The van der Waals surface area contributed by atoms with E-state index in [0.717, 1.165) is 16.6 Å². The van der Waals surface area contributed by atoms with Gasteiger partial charge in [0.2, 0.25) is 0 Å². The number of nitrogens with zero attached hydrogens (tertiary/aromatic N) is 1. The van der Waals surface area contributed by atoms with Crippen LogP contribution < -0.4 is 0 Å². The van der Waals surface area contributed by atoms with Crippen molar-refractivity contribution in [2.75, 3.05) is 7.05 Å². The number of halogens is 1. The number of hydrogen-bond donors (Lipinski definition) is 1. The lowest BCUT2D eigenvalue weighted by Gasteiger charge is -2.16. The number of benzene rings is 1. The third-order valence-electron chi connectivity index (χ3n) is 2.88. The zero-order valence-electron chi connectivity index (χ0n) is 9.11. The van der Waals surface area contributed by atoms with Crippen LogP contribution in [0.15, 0.2) is 22.7 Å². The summed E-state index contributed by atoms with van der Waals surface area (Å²) in [7, 11) is 2.08. The molecule has 1 saturated carbocycles. The molecule has 0 spiro atoms. The summed E-state index contributed by atoms with van der Waals surface area (Å²) < 4.78 is 0.977. The van der Waals surface area contributed by atoms with Crippen LogP contribution >= 0.6 is 15.9 Å². The van der Waals surface area contributed by atoms with Crippen LogP contribution in [-0.2, 0) is 6.54 Å². The van der Waals surface area contributed by atoms with Crippen molar-refractivity contribution in [3.8, 4) is 0 Å². The fourth-order valence-electron chi connectivity index (χ4n) is 1.74. The van der Waals surface area contributed by atoms with Gasteiger partial charge < -0.3 is 5.11 Å². The van der Waals surface area contributed by atoms with Crippen molar-refractivity contribution in [1.29, 1.82) is 0 Å². The van der Waals surface area contributed by atoms with Crippen molar-refractivity contribution >= 4 is 21.9 Å². The molecule has 0 unspecified atom stereocenters. The summed E-state index contributed by atoms with van der Waals surface area (Å²) >= 11 is 3.46. The van der Waals surface area contributed by atoms with Crippen LogP contribution in [-0.4, -0.2) is 29.1 Å². The van der Waals surface area contributed by atoms with E-state index < -0.39 is 5.97 Å². The third-order valence-corrected chi connectivity index (χ3v) is 3.66. The molecular weight excluding hydrogens is 270 g/mol. The minimum absolute atomic E-state index is 0.349. The molecule has 1 aromatic rings. The van der Waals surface area contributed by atoms with Gasteiger partial charge in [0.05, 0.1) is 5.56 Å². The van der Waals surface area contributed by atoms with Gasteiger partial charge in [-0.05, 0) is 43.7 Å². The maximum Gasteiger partial charge on any atom is 0.335 e. The Labute approximate surface area is 103 Å². The van der Waals surface area contributed by atoms with E-state index in [1.54, 1.807) is 18.2 Å². The fourth-order valence-corrected chi connectivity index (χ4v) is 2.11. The van der Waals surface area contributed by atoms with Gasteiger partial charge in [-0.25, -0.2) is 4.79 Å². The lowest BCUT2D eigenvalue weighted by molar-refractivity contribution is 0.0696. The molecule has 0 heterocycles. The van der Waals surface area contributed by atoms with Gasteiger partial charge in [-0.2, -0.15) is 0 Å². The molecule has 0 aliphatic heterocycles. The van der Waals surface area contributed by atoms with Crippen molar-refractivity contribution in [2.24, 2.45) is 0 Å². The summed E-state index contributed by atoms with van der Waals surface area (Å²) in [6, 6.07) is 5.85. The van der Waals surface area contributed by atoms with Crippen molar-refractivity contribution in [1.82, 2.24) is 4.90 Å². The Balaban J connectivity index is 2.17. The SMILES string of the molecule is CN(Cc1cc(C(=O)O)ccc1Br)C1CC1.